The van der Waals surface area contributed by atoms with Gasteiger partial charge >= 0.3 is 12.1 Å². The Labute approximate surface area is 251 Å². The second kappa shape index (κ2) is 17.5. The lowest BCUT2D eigenvalue weighted by Gasteiger charge is -2.27. The number of rotatable bonds is 19. The number of nitrogens with two attached hydrogens (primary N) is 3. The number of nitrogens with one attached hydrogen (secondary N) is 3. The average Bonchev–Trinajstić information content (AvgIpc) is 3.26. The predicted molar refractivity (Wildman–Crippen MR) is 159 cm³/mol. The Morgan fingerprint density at radius 3 is 2.09 bits per heavy atom. The van der Waals surface area contributed by atoms with E-state index in [2.05, 4.69) is 16.0 Å². The number of amides is 6. The SMILES string of the molecule is CC(C)C(NCCCCCCN1C(=O)C=CC1=O)C(=O)NC(CCCNC(N)=O)C(=O)C(OC(N)=O)c1ccc(N)cc1. The minimum absolute atomic E-state index is 0.123. The fraction of sp³-hybridized carbons (Fsp3) is 0.517. The number of hydrogen-bond acceptors (Lipinski definition) is 9. The standard InChI is InChI=1S/C29H43N7O7/c1-18(2)24(33-15-5-3-4-6-17-36-22(37)13-14-23(36)38)27(40)35-21(8-7-16-34-28(31)41)25(39)26(43-29(32)42)19-9-11-20(30)12-10-19/h9-14,18,21,24,26,33H,3-8,15-17,30H2,1-2H3,(H2,32,42)(H,35,40)(H3,31,34,41). The molecule has 0 saturated carbocycles. The molecule has 1 aliphatic rings. The molecule has 14 nitrogen and oxygen atoms in total. The molecule has 0 spiro atoms. The van der Waals surface area contributed by atoms with Gasteiger partial charge in [0, 0.05) is 36.5 Å². The van der Waals surface area contributed by atoms with E-state index in [1.54, 1.807) is 12.1 Å². The monoisotopic (exact) mass is 601 g/mol. The van der Waals surface area contributed by atoms with Gasteiger partial charge in [0.2, 0.25) is 5.91 Å². The van der Waals surface area contributed by atoms with Gasteiger partial charge in [0.05, 0.1) is 12.1 Å². The Morgan fingerprint density at radius 1 is 0.884 bits per heavy atom. The van der Waals surface area contributed by atoms with Crippen LogP contribution in [0.25, 0.3) is 0 Å². The van der Waals surface area contributed by atoms with Gasteiger partial charge in [-0.3, -0.25) is 24.1 Å². The van der Waals surface area contributed by atoms with Crippen molar-refractivity contribution in [2.75, 3.05) is 25.4 Å². The summed E-state index contributed by atoms with van der Waals surface area (Å²) in [6, 6.07) is 3.74. The van der Waals surface area contributed by atoms with Crippen molar-refractivity contribution >= 4 is 41.3 Å². The van der Waals surface area contributed by atoms with E-state index < -0.39 is 42.0 Å². The minimum atomic E-state index is -1.39. The molecule has 0 bridgehead atoms. The number of primary amides is 2. The highest BCUT2D eigenvalue weighted by Gasteiger charge is 2.34. The van der Waals surface area contributed by atoms with E-state index in [0.717, 1.165) is 19.3 Å². The van der Waals surface area contributed by atoms with Crippen LogP contribution < -0.4 is 33.2 Å². The number of Topliss-reactive ketones (excluding diaryl/α,β-unsaturated/α-hetero) is 1. The average molecular weight is 602 g/mol. The molecule has 0 radical (unpaired) electrons. The number of nitrogen functional groups attached to an aromatic ring is 1. The molecule has 6 amide bonds. The Balaban J connectivity index is 2.01. The number of hydrogen-bond donors (Lipinski definition) is 6. The number of carbonyl (C=O) groups excluding carboxylic acids is 6. The maximum atomic E-state index is 13.7. The Morgan fingerprint density at radius 2 is 1.51 bits per heavy atom. The summed E-state index contributed by atoms with van der Waals surface area (Å²) in [5.74, 6) is -1.71. The van der Waals surface area contributed by atoms with Gasteiger partial charge in [0.15, 0.2) is 11.9 Å². The van der Waals surface area contributed by atoms with E-state index in [-0.39, 0.29) is 30.7 Å². The Bertz CT molecular complexity index is 1150. The van der Waals surface area contributed by atoms with Crippen LogP contribution in [0.4, 0.5) is 15.3 Å². The van der Waals surface area contributed by atoms with E-state index in [9.17, 15) is 28.8 Å². The third-order valence-electron chi connectivity index (χ3n) is 6.88. The Kier molecular flexibility index (Phi) is 14.1. The molecule has 2 rings (SSSR count). The molecule has 1 heterocycles. The van der Waals surface area contributed by atoms with Crippen LogP contribution in [0.5, 0.6) is 0 Å². The lowest BCUT2D eigenvalue weighted by atomic mass is 9.95. The fourth-order valence-corrected chi connectivity index (χ4v) is 4.61. The first-order chi connectivity index (χ1) is 20.4. The summed E-state index contributed by atoms with van der Waals surface area (Å²) >= 11 is 0. The number of urea groups is 1. The van der Waals surface area contributed by atoms with E-state index in [4.69, 9.17) is 21.9 Å². The van der Waals surface area contributed by atoms with Crippen molar-refractivity contribution in [1.82, 2.24) is 20.9 Å². The minimum Gasteiger partial charge on any atom is -0.433 e. The first-order valence-corrected chi connectivity index (χ1v) is 14.4. The van der Waals surface area contributed by atoms with Crippen LogP contribution in [0, 0.1) is 5.92 Å². The van der Waals surface area contributed by atoms with Gasteiger partial charge in [-0.2, -0.15) is 0 Å². The third kappa shape index (κ3) is 11.7. The maximum absolute atomic E-state index is 13.7. The van der Waals surface area contributed by atoms with Gasteiger partial charge in [0.1, 0.15) is 0 Å². The molecule has 1 aliphatic heterocycles. The van der Waals surface area contributed by atoms with E-state index >= 15 is 0 Å². The molecule has 14 heteroatoms. The van der Waals surface area contributed by atoms with Gasteiger partial charge < -0.3 is 37.9 Å². The van der Waals surface area contributed by atoms with Crippen LogP contribution in [-0.2, 0) is 23.9 Å². The lowest BCUT2D eigenvalue weighted by molar-refractivity contribution is -0.136. The Hall–Kier alpha value is -4.46. The largest absolute Gasteiger partial charge is 0.433 e. The van der Waals surface area contributed by atoms with Crippen LogP contribution in [0.3, 0.4) is 0 Å². The molecule has 3 atom stereocenters. The highest BCUT2D eigenvalue weighted by molar-refractivity contribution is 6.12. The van der Waals surface area contributed by atoms with E-state index in [0.29, 0.717) is 37.2 Å². The number of unbranched alkanes of at least 4 members (excludes halogenated alkanes) is 3. The smallest absolute Gasteiger partial charge is 0.405 e. The summed E-state index contributed by atoms with van der Waals surface area (Å²) in [6.45, 7) is 4.81. The van der Waals surface area contributed by atoms with Crippen LogP contribution in [0.1, 0.15) is 64.0 Å². The molecule has 0 aromatic heterocycles. The van der Waals surface area contributed by atoms with Crippen LogP contribution in [-0.4, -0.2) is 72.2 Å². The van der Waals surface area contributed by atoms with Crippen molar-refractivity contribution < 1.29 is 33.5 Å². The molecule has 1 aromatic rings. The van der Waals surface area contributed by atoms with E-state index in [1.807, 2.05) is 13.8 Å². The highest BCUT2D eigenvalue weighted by Crippen LogP contribution is 2.23. The molecule has 1 aromatic carbocycles. The summed E-state index contributed by atoms with van der Waals surface area (Å²) in [5, 5.41) is 8.49. The van der Waals surface area contributed by atoms with Crippen molar-refractivity contribution in [3.8, 4) is 0 Å². The van der Waals surface area contributed by atoms with Crippen molar-refractivity contribution in [3.63, 3.8) is 0 Å². The molecule has 0 aliphatic carbocycles. The molecule has 43 heavy (non-hydrogen) atoms. The molecular weight excluding hydrogens is 558 g/mol. The van der Waals surface area contributed by atoms with Crippen molar-refractivity contribution in [1.29, 1.82) is 0 Å². The number of benzene rings is 1. The third-order valence-corrected chi connectivity index (χ3v) is 6.88. The first kappa shape index (κ1) is 34.7. The van der Waals surface area contributed by atoms with Gasteiger partial charge in [0.25, 0.3) is 11.8 Å². The number of nitrogens with zero attached hydrogens (tertiary/aromatic N) is 1. The molecule has 0 saturated heterocycles. The zero-order chi connectivity index (χ0) is 31.9. The quantitative estimate of drug-likeness (QED) is 0.0754. The van der Waals surface area contributed by atoms with Crippen molar-refractivity contribution in [2.24, 2.45) is 17.4 Å². The fourth-order valence-electron chi connectivity index (χ4n) is 4.61. The number of ether oxygens (including phenoxy) is 1. The van der Waals surface area contributed by atoms with Crippen LogP contribution >= 0.6 is 0 Å². The van der Waals surface area contributed by atoms with Gasteiger partial charge in [-0.15, -0.1) is 0 Å². The first-order valence-electron chi connectivity index (χ1n) is 14.4. The van der Waals surface area contributed by atoms with Gasteiger partial charge in [-0.05, 0) is 50.3 Å². The summed E-state index contributed by atoms with van der Waals surface area (Å²) in [6.07, 6.45) is 3.48. The molecule has 3 unspecified atom stereocenters. The number of carbonyl (C=O) groups is 6. The molecular formula is C29H43N7O7. The summed E-state index contributed by atoms with van der Waals surface area (Å²) in [5.41, 5.74) is 16.9. The van der Waals surface area contributed by atoms with Crippen molar-refractivity contribution in [2.45, 2.75) is 70.6 Å². The second-order valence-electron chi connectivity index (χ2n) is 10.6. The van der Waals surface area contributed by atoms with Crippen molar-refractivity contribution in [3.05, 3.63) is 42.0 Å². The van der Waals surface area contributed by atoms with Gasteiger partial charge in [-0.1, -0.05) is 38.8 Å². The van der Waals surface area contributed by atoms with Crippen LogP contribution in [0.15, 0.2) is 36.4 Å². The van der Waals surface area contributed by atoms with Gasteiger partial charge in [-0.25, -0.2) is 9.59 Å². The predicted octanol–water partition coefficient (Wildman–Crippen LogP) is 1.01. The molecule has 0 fully saturated rings. The number of ketones is 1. The number of anilines is 1. The highest BCUT2D eigenvalue weighted by atomic mass is 16.6. The normalized spacial score (nSPS) is 14.8. The zero-order valence-corrected chi connectivity index (χ0v) is 24.7. The lowest BCUT2D eigenvalue weighted by Crippen LogP contribution is -2.53. The summed E-state index contributed by atoms with van der Waals surface area (Å²) in [4.78, 5) is 74.3. The molecule has 236 valence electrons. The topological polar surface area (TPSA) is 229 Å². The molecule has 9 N–H and O–H groups in total. The zero-order valence-electron chi connectivity index (χ0n) is 24.7. The van der Waals surface area contributed by atoms with Crippen LogP contribution in [0.2, 0.25) is 0 Å². The summed E-state index contributed by atoms with van der Waals surface area (Å²) in [7, 11) is 0. The second-order valence-corrected chi connectivity index (χ2v) is 10.6. The van der Waals surface area contributed by atoms with E-state index in [1.165, 1.54) is 29.2 Å². The maximum Gasteiger partial charge on any atom is 0.405 e. The number of imide groups is 1. The summed E-state index contributed by atoms with van der Waals surface area (Å²) < 4.78 is 5.16.